The van der Waals surface area contributed by atoms with Gasteiger partial charge in [-0.05, 0) is 5.56 Å². The van der Waals surface area contributed by atoms with Crippen LogP contribution in [0.1, 0.15) is 16.8 Å². The van der Waals surface area contributed by atoms with E-state index in [1.54, 1.807) is 0 Å². The first kappa shape index (κ1) is 7.76. The molecule has 0 spiro atoms. The zero-order valence-electron chi connectivity index (χ0n) is 7.75. The third kappa shape index (κ3) is 0.873. The van der Waals surface area contributed by atoms with Gasteiger partial charge in [0, 0.05) is 24.1 Å². The monoisotopic (exact) mass is 185 g/mol. The highest BCUT2D eigenvalue weighted by atomic mass is 15.1. The van der Waals surface area contributed by atoms with Gasteiger partial charge in [-0.2, -0.15) is 5.10 Å². The Morgan fingerprint density at radius 1 is 1.36 bits per heavy atom. The molecule has 70 valence electrons. The van der Waals surface area contributed by atoms with Crippen LogP contribution in [0.5, 0.6) is 0 Å². The van der Waals surface area contributed by atoms with Crippen LogP contribution in [-0.4, -0.2) is 10.2 Å². The number of aromatic amines is 1. The van der Waals surface area contributed by atoms with E-state index in [0.29, 0.717) is 6.54 Å². The molecule has 14 heavy (non-hydrogen) atoms. The first-order valence-electron chi connectivity index (χ1n) is 4.74. The quantitative estimate of drug-likeness (QED) is 0.602. The Morgan fingerprint density at radius 2 is 2.21 bits per heavy atom. The van der Waals surface area contributed by atoms with Crippen molar-refractivity contribution < 1.29 is 0 Å². The number of fused-ring (bicyclic) bond motifs is 3. The van der Waals surface area contributed by atoms with Crippen molar-refractivity contribution in [2.24, 2.45) is 5.73 Å². The average molecular weight is 185 g/mol. The minimum absolute atomic E-state index is 0.538. The van der Waals surface area contributed by atoms with E-state index in [2.05, 4.69) is 28.4 Å². The van der Waals surface area contributed by atoms with Gasteiger partial charge in [-0.3, -0.25) is 5.10 Å². The molecule has 2 aromatic rings. The van der Waals surface area contributed by atoms with Crippen molar-refractivity contribution in [3.05, 3.63) is 41.1 Å². The van der Waals surface area contributed by atoms with E-state index < -0.39 is 0 Å². The van der Waals surface area contributed by atoms with Crippen LogP contribution in [0.3, 0.4) is 0 Å². The van der Waals surface area contributed by atoms with E-state index >= 15 is 0 Å². The molecule has 1 aromatic heterocycles. The third-order valence-corrected chi connectivity index (χ3v) is 2.80. The molecular weight excluding hydrogens is 174 g/mol. The molecule has 0 fully saturated rings. The lowest BCUT2D eigenvalue weighted by atomic mass is 10.1. The van der Waals surface area contributed by atoms with Crippen LogP contribution < -0.4 is 5.73 Å². The molecule has 0 radical (unpaired) electrons. The molecule has 3 heteroatoms. The fourth-order valence-corrected chi connectivity index (χ4v) is 2.08. The number of hydrogen-bond donors (Lipinski definition) is 2. The van der Waals surface area contributed by atoms with Crippen molar-refractivity contribution in [2.45, 2.75) is 13.0 Å². The van der Waals surface area contributed by atoms with Crippen molar-refractivity contribution >= 4 is 0 Å². The molecular formula is C11H11N3. The fourth-order valence-electron chi connectivity index (χ4n) is 2.08. The number of rotatable bonds is 1. The van der Waals surface area contributed by atoms with E-state index in [4.69, 9.17) is 5.73 Å². The molecule has 0 unspecified atom stereocenters. The van der Waals surface area contributed by atoms with Gasteiger partial charge in [0.15, 0.2) is 0 Å². The molecule has 3 nitrogen and oxygen atoms in total. The molecule has 1 aromatic carbocycles. The summed E-state index contributed by atoms with van der Waals surface area (Å²) in [5.41, 5.74) is 11.7. The van der Waals surface area contributed by atoms with Crippen LogP contribution in [0.2, 0.25) is 0 Å². The van der Waals surface area contributed by atoms with Crippen molar-refractivity contribution in [1.29, 1.82) is 0 Å². The second kappa shape index (κ2) is 2.69. The number of benzene rings is 1. The van der Waals surface area contributed by atoms with Gasteiger partial charge < -0.3 is 5.73 Å². The van der Waals surface area contributed by atoms with Crippen LogP contribution in [0.25, 0.3) is 11.3 Å². The Morgan fingerprint density at radius 3 is 3.07 bits per heavy atom. The second-order valence-corrected chi connectivity index (χ2v) is 3.57. The van der Waals surface area contributed by atoms with Crippen molar-refractivity contribution in [3.8, 4) is 11.3 Å². The molecule has 1 aliphatic carbocycles. The predicted molar refractivity (Wildman–Crippen MR) is 54.7 cm³/mol. The summed E-state index contributed by atoms with van der Waals surface area (Å²) in [5.74, 6) is 0. The topological polar surface area (TPSA) is 54.7 Å². The number of hydrogen-bond acceptors (Lipinski definition) is 2. The van der Waals surface area contributed by atoms with Gasteiger partial charge in [-0.1, -0.05) is 24.3 Å². The third-order valence-electron chi connectivity index (χ3n) is 2.80. The van der Waals surface area contributed by atoms with Crippen LogP contribution in [0.4, 0.5) is 0 Å². The Hall–Kier alpha value is -1.61. The highest BCUT2D eigenvalue weighted by molar-refractivity contribution is 5.74. The Bertz CT molecular complexity index is 485. The lowest BCUT2D eigenvalue weighted by molar-refractivity contribution is 0.931. The van der Waals surface area contributed by atoms with E-state index in [1.807, 2.05) is 6.07 Å². The first-order chi connectivity index (χ1) is 6.90. The van der Waals surface area contributed by atoms with Gasteiger partial charge in [0.1, 0.15) is 0 Å². The first-order valence-corrected chi connectivity index (χ1v) is 4.74. The maximum atomic E-state index is 5.63. The van der Waals surface area contributed by atoms with Crippen LogP contribution in [-0.2, 0) is 13.0 Å². The molecule has 0 saturated heterocycles. The highest BCUT2D eigenvalue weighted by Crippen LogP contribution is 2.35. The smallest absolute Gasteiger partial charge is 0.0962 e. The van der Waals surface area contributed by atoms with Gasteiger partial charge in [-0.15, -0.1) is 0 Å². The molecule has 3 N–H and O–H groups in total. The van der Waals surface area contributed by atoms with Gasteiger partial charge in [0.2, 0.25) is 0 Å². The second-order valence-electron chi connectivity index (χ2n) is 3.57. The minimum Gasteiger partial charge on any atom is -0.325 e. The van der Waals surface area contributed by atoms with Gasteiger partial charge >= 0.3 is 0 Å². The standard InChI is InChI=1S/C11H11N3/c12-6-10-9-5-7-3-1-2-4-8(7)11(9)14-13-10/h1-4H,5-6,12H2,(H,13,14). The van der Waals surface area contributed by atoms with E-state index in [9.17, 15) is 0 Å². The number of nitrogens with one attached hydrogen (secondary N) is 1. The summed E-state index contributed by atoms with van der Waals surface area (Å²) < 4.78 is 0. The summed E-state index contributed by atoms with van der Waals surface area (Å²) in [6.07, 6.45) is 0.967. The summed E-state index contributed by atoms with van der Waals surface area (Å²) in [4.78, 5) is 0. The molecule has 1 heterocycles. The van der Waals surface area contributed by atoms with Crippen LogP contribution >= 0.6 is 0 Å². The number of nitrogens with zero attached hydrogens (tertiary/aromatic N) is 1. The molecule has 0 saturated carbocycles. The van der Waals surface area contributed by atoms with Crippen molar-refractivity contribution in [3.63, 3.8) is 0 Å². The fraction of sp³-hybridized carbons (Fsp3) is 0.182. The summed E-state index contributed by atoms with van der Waals surface area (Å²) >= 11 is 0. The van der Waals surface area contributed by atoms with Crippen molar-refractivity contribution in [1.82, 2.24) is 10.2 Å². The van der Waals surface area contributed by atoms with Gasteiger partial charge in [0.05, 0.1) is 11.4 Å². The molecule has 0 atom stereocenters. The van der Waals surface area contributed by atoms with E-state index in [-0.39, 0.29) is 0 Å². The maximum absolute atomic E-state index is 5.63. The minimum atomic E-state index is 0.538. The Kier molecular flexibility index (Phi) is 1.49. The Balaban J connectivity index is 2.23. The Labute approximate surface area is 81.9 Å². The molecule has 0 aliphatic heterocycles. The highest BCUT2D eigenvalue weighted by Gasteiger charge is 2.23. The largest absolute Gasteiger partial charge is 0.325 e. The summed E-state index contributed by atoms with van der Waals surface area (Å²) in [6.45, 7) is 0.538. The van der Waals surface area contributed by atoms with E-state index in [0.717, 1.165) is 17.8 Å². The van der Waals surface area contributed by atoms with Gasteiger partial charge in [-0.25, -0.2) is 0 Å². The lowest BCUT2D eigenvalue weighted by Crippen LogP contribution is -1.99. The summed E-state index contributed by atoms with van der Waals surface area (Å²) in [5, 5.41) is 7.30. The number of nitrogens with two attached hydrogens (primary N) is 1. The van der Waals surface area contributed by atoms with E-state index in [1.165, 1.54) is 16.7 Å². The van der Waals surface area contributed by atoms with Crippen molar-refractivity contribution in [2.75, 3.05) is 0 Å². The van der Waals surface area contributed by atoms with Crippen LogP contribution in [0, 0.1) is 0 Å². The zero-order chi connectivity index (χ0) is 9.54. The summed E-state index contributed by atoms with van der Waals surface area (Å²) in [6, 6.07) is 8.38. The lowest BCUT2D eigenvalue weighted by Gasteiger charge is -1.96. The molecule has 0 amide bonds. The molecule has 0 bridgehead atoms. The normalized spacial score (nSPS) is 12.6. The zero-order valence-corrected chi connectivity index (χ0v) is 7.75. The van der Waals surface area contributed by atoms with Gasteiger partial charge in [0.25, 0.3) is 0 Å². The summed E-state index contributed by atoms with van der Waals surface area (Å²) in [7, 11) is 0. The molecule has 3 rings (SSSR count). The molecule has 1 aliphatic rings. The average Bonchev–Trinajstić information content (AvgIpc) is 2.75. The number of aromatic nitrogens is 2. The van der Waals surface area contributed by atoms with Crippen LogP contribution in [0.15, 0.2) is 24.3 Å². The predicted octanol–water partition coefficient (Wildman–Crippen LogP) is 1.44. The number of H-pyrrole nitrogens is 1. The SMILES string of the molecule is NCc1[nH]nc2c1Cc1ccccc1-2. The maximum Gasteiger partial charge on any atom is 0.0962 e.